The summed E-state index contributed by atoms with van der Waals surface area (Å²) < 4.78 is 46.1. The van der Waals surface area contributed by atoms with Crippen LogP contribution in [0.15, 0.2) is 180 Å². The Kier molecular flexibility index (Phi) is 15.0. The Labute approximate surface area is 445 Å². The van der Waals surface area contributed by atoms with Gasteiger partial charge in [-0.3, -0.25) is 9.59 Å². The number of nitrogens with zero attached hydrogens (tertiary/aromatic N) is 3. The van der Waals surface area contributed by atoms with Crippen molar-refractivity contribution >= 4 is 56.6 Å². The van der Waals surface area contributed by atoms with Crippen molar-refractivity contribution in [2.24, 2.45) is 28.6 Å². The lowest BCUT2D eigenvalue weighted by Gasteiger charge is -2.56. The first-order chi connectivity index (χ1) is 36.6. The number of fused-ring (bicyclic) bond motifs is 2. The Morgan fingerprint density at radius 3 is 1.95 bits per heavy atom. The predicted octanol–water partition coefficient (Wildman–Crippen LogP) is 10.2. The van der Waals surface area contributed by atoms with Gasteiger partial charge < -0.3 is 23.9 Å². The van der Waals surface area contributed by atoms with Gasteiger partial charge in [0.05, 0.1) is 30.0 Å². The quantitative estimate of drug-likeness (QED) is 0.110. The van der Waals surface area contributed by atoms with Crippen LogP contribution < -0.4 is 25.4 Å². The largest absolute Gasteiger partial charge is 0.493 e. The normalized spacial score (nSPS) is 21.9. The predicted molar refractivity (Wildman–Crippen MR) is 298 cm³/mol. The molecule has 5 aliphatic rings. The lowest BCUT2D eigenvalue weighted by Crippen LogP contribution is -2.56. The molecule has 5 fully saturated rings. The average molecular weight is 1060 g/mol. The fourth-order valence-electron chi connectivity index (χ4n) is 12.5. The van der Waals surface area contributed by atoms with Gasteiger partial charge in [-0.1, -0.05) is 153 Å². The van der Waals surface area contributed by atoms with Crippen LogP contribution in [-0.2, 0) is 32.5 Å². The van der Waals surface area contributed by atoms with Crippen LogP contribution >= 0.6 is 6.89 Å². The van der Waals surface area contributed by atoms with Crippen LogP contribution in [0, 0.1) is 35.5 Å². The third-order valence-electron chi connectivity index (χ3n) is 16.1. The molecule has 0 radical (unpaired) electrons. The molecule has 2 aliphatic heterocycles. The molecule has 2 bridgehead atoms. The number of aromatic nitrogens is 1. The van der Waals surface area contributed by atoms with Gasteiger partial charge in [-0.2, -0.15) is 0 Å². The number of carboxylic acid groups (broad SMARTS) is 1. The minimum absolute atomic E-state index is 0.0911. The first-order valence-electron chi connectivity index (χ1n) is 26.1. The van der Waals surface area contributed by atoms with Crippen LogP contribution in [-0.4, -0.2) is 83.0 Å². The highest BCUT2D eigenvalue weighted by Crippen LogP contribution is 2.63. The lowest BCUT2D eigenvalue weighted by atomic mass is 9.49. The first-order valence-corrected chi connectivity index (χ1v) is 29.6. The van der Waals surface area contributed by atoms with Gasteiger partial charge in [0.1, 0.15) is 17.3 Å². The molecule has 1 N–H and O–H groups in total. The second-order valence-corrected chi connectivity index (χ2v) is 26.5. The van der Waals surface area contributed by atoms with Gasteiger partial charge in [0, 0.05) is 36.3 Å². The molecule has 12 nitrogen and oxygen atoms in total. The molecule has 5 atom stereocenters. The number of oxazole rings is 1. The molecular formula is C62H64N3O9PS. The monoisotopic (exact) mass is 1060 g/mol. The average Bonchev–Trinajstić information content (AvgIpc) is 4.28. The van der Waals surface area contributed by atoms with Crippen molar-refractivity contribution in [2.75, 3.05) is 25.4 Å². The molecule has 2 amide bonds. The number of aliphatic carboxylic acids is 1. The van der Waals surface area contributed by atoms with Gasteiger partial charge in [-0.15, -0.1) is 0 Å². The van der Waals surface area contributed by atoms with E-state index < -0.39 is 34.9 Å². The molecule has 2 saturated heterocycles. The molecule has 3 saturated carbocycles. The van der Waals surface area contributed by atoms with E-state index in [1.54, 1.807) is 30.1 Å². The second-order valence-electron chi connectivity index (χ2n) is 21.4. The summed E-state index contributed by atoms with van der Waals surface area (Å²) >= 11 is 0. The molecule has 76 heavy (non-hydrogen) atoms. The van der Waals surface area contributed by atoms with Crippen molar-refractivity contribution in [3.8, 4) is 23.0 Å². The van der Waals surface area contributed by atoms with E-state index in [1.165, 1.54) is 9.21 Å². The summed E-state index contributed by atoms with van der Waals surface area (Å²) in [6.07, 6.45) is 4.16. The summed E-state index contributed by atoms with van der Waals surface area (Å²) in [6.45, 7) is 4.70. The third kappa shape index (κ3) is 10.8. The third-order valence-corrected chi connectivity index (χ3v) is 22.0. The van der Waals surface area contributed by atoms with Crippen molar-refractivity contribution in [3.63, 3.8) is 0 Å². The number of carboxylic acids is 1. The Morgan fingerprint density at radius 1 is 0.776 bits per heavy atom. The fraction of sp³-hybridized carbons (Fsp3) is 0.306. The van der Waals surface area contributed by atoms with Crippen LogP contribution in [0.2, 0.25) is 0 Å². The molecular weight excluding hydrogens is 994 g/mol. The van der Waals surface area contributed by atoms with Gasteiger partial charge in [-0.25, -0.2) is 22.5 Å². The van der Waals surface area contributed by atoms with E-state index in [9.17, 15) is 27.9 Å². The molecule has 392 valence electrons. The van der Waals surface area contributed by atoms with Crippen LogP contribution in [0.1, 0.15) is 56.5 Å². The number of likely N-dealkylation sites (tertiary alicyclic amines) is 1. The van der Waals surface area contributed by atoms with Gasteiger partial charge in [0.2, 0.25) is 15.9 Å². The van der Waals surface area contributed by atoms with Crippen LogP contribution in [0.5, 0.6) is 11.5 Å². The van der Waals surface area contributed by atoms with Crippen molar-refractivity contribution in [2.45, 2.75) is 65.3 Å². The minimum Gasteiger partial charge on any atom is -0.493 e. The van der Waals surface area contributed by atoms with Crippen LogP contribution in [0.4, 0.5) is 4.79 Å². The molecule has 12 rings (SSSR count). The number of para-hydroxylation sites is 1. The molecule has 3 heterocycles. The fourth-order valence-corrected chi connectivity index (χ4v) is 18.6. The van der Waals surface area contributed by atoms with Gasteiger partial charge in [0.25, 0.3) is 5.91 Å². The highest BCUT2D eigenvalue weighted by atomic mass is 32.2. The zero-order valence-electron chi connectivity index (χ0n) is 43.1. The molecule has 7 aromatic rings. The Hall–Kier alpha value is -7.21. The first kappa shape index (κ1) is 52.2. The maximum absolute atomic E-state index is 14.4. The number of carbonyl (C=O) groups excluding carboxylic acids is 2. The van der Waals surface area contributed by atoms with E-state index in [-0.39, 0.29) is 41.0 Å². The van der Waals surface area contributed by atoms with Crippen molar-refractivity contribution in [1.82, 2.24) is 14.2 Å². The van der Waals surface area contributed by atoms with E-state index in [2.05, 4.69) is 55.2 Å². The molecule has 14 heteroatoms. The number of rotatable bonds is 13. The maximum Gasteiger partial charge on any atom is 0.415 e. The molecule has 1 aromatic heterocycles. The van der Waals surface area contributed by atoms with E-state index in [0.717, 1.165) is 64.2 Å². The topological polar surface area (TPSA) is 157 Å². The van der Waals surface area contributed by atoms with Gasteiger partial charge in [0.15, 0.2) is 0 Å². The van der Waals surface area contributed by atoms with Crippen LogP contribution in [0.3, 0.4) is 0 Å². The summed E-state index contributed by atoms with van der Waals surface area (Å²) in [4.78, 5) is 45.1. The molecule has 1 spiro atoms. The SMILES string of the molecule is CC1(C)C[C@@]23CCC1C[C@H]2N(C(=O)C=P(c1ccccc1)(c1ccccc1)c1ccccc1)S(=O)(=O)C3.Cc1oc(-c2ccccc2)nc1CCOc1cccc(C[C@@H]2CN(C(=O)Oc3ccccc3)C[C@H]2C(=O)O)c1. The number of hydrogen-bond acceptors (Lipinski definition) is 9. The number of sulfonamides is 1. The van der Waals surface area contributed by atoms with E-state index in [0.29, 0.717) is 49.3 Å². The highest BCUT2D eigenvalue weighted by Gasteiger charge is 2.65. The summed E-state index contributed by atoms with van der Waals surface area (Å²) in [5, 5.41) is 12.9. The Balaban J connectivity index is 0.000000173. The zero-order chi connectivity index (χ0) is 53.1. The smallest absolute Gasteiger partial charge is 0.415 e. The van der Waals surface area contributed by atoms with E-state index >= 15 is 0 Å². The number of carbonyl (C=O) groups is 3. The number of aryl methyl sites for hydroxylation is 1. The number of amides is 2. The summed E-state index contributed by atoms with van der Waals surface area (Å²) in [5.74, 6) is 2.62. The number of ether oxygens (including phenoxy) is 2. The maximum atomic E-state index is 14.4. The molecule has 6 aromatic carbocycles. The Morgan fingerprint density at radius 2 is 1.36 bits per heavy atom. The van der Waals surface area contributed by atoms with Gasteiger partial charge >= 0.3 is 12.1 Å². The van der Waals surface area contributed by atoms with E-state index in [4.69, 9.17) is 13.9 Å². The lowest BCUT2D eigenvalue weighted by molar-refractivity contribution is -0.142. The van der Waals surface area contributed by atoms with Crippen LogP contribution in [0.25, 0.3) is 11.5 Å². The number of hydrogen-bond donors (Lipinski definition) is 1. The van der Waals surface area contributed by atoms with Crippen molar-refractivity contribution < 1.29 is 41.8 Å². The standard InChI is InChI=1S/C31H30N2O6.C31H34NO3PS/c1-21-28(32-29(38-21)23-10-4-2-5-11-23)15-16-37-26-14-8-9-22(18-26)17-24-19-33(20-27(24)30(34)35)31(36)39-25-12-6-3-7-13-25;1-30(2)22-31-19-18-24(30)20-28(31)32(37(34,35)23-31)29(33)21-36(25-12-6-3-7-13-25,26-14-8-4-9-15-26)27-16-10-5-11-17-27/h2-14,18,24,27H,15-17,19-20H2,1H3,(H,34,35);3-17,21,24,28H,18-20,22-23H2,1-2H3/t24-,27-;24?,28-,31-/m11/s1. The van der Waals surface area contributed by atoms with Crippen molar-refractivity contribution in [1.29, 1.82) is 0 Å². The number of benzene rings is 6. The summed E-state index contributed by atoms with van der Waals surface area (Å²) in [6, 6.07) is 56.3. The summed E-state index contributed by atoms with van der Waals surface area (Å²) in [7, 11) is -3.71. The van der Waals surface area contributed by atoms with Gasteiger partial charge in [-0.05, 0) is 121 Å². The zero-order valence-corrected chi connectivity index (χ0v) is 44.8. The molecule has 3 aliphatic carbocycles. The highest BCUT2D eigenvalue weighted by molar-refractivity contribution is 7.95. The Bertz CT molecular complexity index is 3250. The summed E-state index contributed by atoms with van der Waals surface area (Å²) in [5.41, 5.74) is 2.52. The minimum atomic E-state index is -3.71. The van der Waals surface area contributed by atoms with E-state index in [1.807, 2.05) is 122 Å². The second kappa shape index (κ2) is 21.8. The van der Waals surface area contributed by atoms with Crippen molar-refractivity contribution in [3.05, 3.63) is 193 Å². The molecule has 1 unspecified atom stereocenters.